The Balaban J connectivity index is 1.51. The number of hydrogen-bond acceptors (Lipinski definition) is 3. The van der Waals surface area contributed by atoms with E-state index in [-0.39, 0.29) is 29.7 Å². The van der Waals surface area contributed by atoms with Crippen LogP contribution in [0.3, 0.4) is 0 Å². The van der Waals surface area contributed by atoms with Gasteiger partial charge in [-0.1, -0.05) is 12.2 Å². The summed E-state index contributed by atoms with van der Waals surface area (Å²) in [5, 5.41) is 13.3. The highest BCUT2D eigenvalue weighted by atomic mass is 16.5. The van der Waals surface area contributed by atoms with Gasteiger partial charge in [-0.15, -0.1) is 0 Å². The largest absolute Gasteiger partial charge is 0.392 e. The molecule has 0 radical (unpaired) electrons. The lowest BCUT2D eigenvalue weighted by molar-refractivity contribution is -0.207. The van der Waals surface area contributed by atoms with Crippen molar-refractivity contribution in [2.45, 2.75) is 57.3 Å². The van der Waals surface area contributed by atoms with E-state index in [4.69, 9.17) is 4.74 Å². The van der Waals surface area contributed by atoms with Crippen molar-refractivity contribution in [1.82, 2.24) is 10.2 Å². The molecule has 5 nitrogen and oxygen atoms in total. The second kappa shape index (κ2) is 5.97. The van der Waals surface area contributed by atoms with Crippen LogP contribution in [-0.2, 0) is 4.74 Å². The zero-order chi connectivity index (χ0) is 14.9. The molecule has 0 unspecified atom stereocenters. The Morgan fingerprint density at radius 3 is 2.62 bits per heavy atom. The third-order valence-electron chi connectivity index (χ3n) is 5.43. The molecule has 1 aliphatic heterocycles. The molecule has 2 amide bonds. The van der Waals surface area contributed by atoms with Gasteiger partial charge in [0, 0.05) is 37.6 Å². The van der Waals surface area contributed by atoms with Crippen molar-refractivity contribution in [3.05, 3.63) is 12.2 Å². The molecule has 2 N–H and O–H groups in total. The van der Waals surface area contributed by atoms with E-state index in [0.717, 1.165) is 32.1 Å². The highest BCUT2D eigenvalue weighted by Gasteiger charge is 2.56. The van der Waals surface area contributed by atoms with Gasteiger partial charge in [-0.25, -0.2) is 4.79 Å². The van der Waals surface area contributed by atoms with Gasteiger partial charge in [-0.2, -0.15) is 0 Å². The summed E-state index contributed by atoms with van der Waals surface area (Å²) in [6, 6.07) is 0.305. The van der Waals surface area contributed by atoms with Gasteiger partial charge in [-0.05, 0) is 32.6 Å². The number of urea groups is 1. The molecule has 2 aliphatic carbocycles. The van der Waals surface area contributed by atoms with Crippen molar-refractivity contribution in [1.29, 1.82) is 0 Å². The zero-order valence-electron chi connectivity index (χ0n) is 12.8. The number of aliphatic hydroxyl groups is 1. The molecule has 5 heteroatoms. The summed E-state index contributed by atoms with van der Waals surface area (Å²) >= 11 is 0. The topological polar surface area (TPSA) is 61.8 Å². The van der Waals surface area contributed by atoms with Gasteiger partial charge < -0.3 is 20.1 Å². The molecular weight excluding hydrogens is 268 g/mol. The first-order chi connectivity index (χ1) is 10.2. The number of rotatable bonds is 3. The van der Waals surface area contributed by atoms with Gasteiger partial charge in [0.2, 0.25) is 0 Å². The molecule has 1 saturated heterocycles. The predicted molar refractivity (Wildman–Crippen MR) is 80.0 cm³/mol. The second-order valence-electron chi connectivity index (χ2n) is 6.50. The maximum Gasteiger partial charge on any atom is 0.317 e. The molecule has 2 atom stereocenters. The number of piperidine rings is 1. The molecule has 21 heavy (non-hydrogen) atoms. The standard InChI is InChI=1S/C16H26N2O3/c1-2-21-14-11-13(19)16(14)7-9-18(10-8-16)15(20)17-12-5-3-4-6-12/h3-4,12-14,19H,2,5-11H2,1H3,(H,17,20)/t13-,14-/m1/s1. The summed E-state index contributed by atoms with van der Waals surface area (Å²) in [6.45, 7) is 4.12. The van der Waals surface area contributed by atoms with Gasteiger partial charge >= 0.3 is 6.03 Å². The Bertz CT molecular complexity index is 406. The number of nitrogens with zero attached hydrogens (tertiary/aromatic N) is 1. The number of nitrogens with one attached hydrogen (secondary N) is 1. The maximum atomic E-state index is 12.3. The normalized spacial score (nSPS) is 31.4. The molecule has 2 fully saturated rings. The van der Waals surface area contributed by atoms with Crippen LogP contribution in [-0.4, -0.2) is 54.0 Å². The number of carbonyl (C=O) groups excluding carboxylic acids is 1. The molecule has 0 aromatic carbocycles. The van der Waals surface area contributed by atoms with Crippen LogP contribution in [0.5, 0.6) is 0 Å². The van der Waals surface area contributed by atoms with E-state index in [9.17, 15) is 9.90 Å². The predicted octanol–water partition coefficient (Wildman–Crippen LogP) is 1.67. The SMILES string of the molecule is CCO[C@@H]1C[C@@H](O)C12CCN(C(=O)NC1CC=CC1)CC2. The average Bonchev–Trinajstić information content (AvgIpc) is 3.00. The first kappa shape index (κ1) is 14.9. The summed E-state index contributed by atoms with van der Waals surface area (Å²) in [6.07, 6.45) is 8.45. The first-order valence-corrected chi connectivity index (χ1v) is 8.16. The average molecular weight is 294 g/mol. The van der Waals surface area contributed by atoms with Gasteiger partial charge in [-0.3, -0.25) is 0 Å². The van der Waals surface area contributed by atoms with Crippen LogP contribution in [0, 0.1) is 5.41 Å². The van der Waals surface area contributed by atoms with Crippen LogP contribution in [0.2, 0.25) is 0 Å². The summed E-state index contributed by atoms with van der Waals surface area (Å²) < 4.78 is 5.76. The molecule has 0 aromatic rings. The molecule has 3 rings (SSSR count). The fourth-order valence-electron chi connectivity index (χ4n) is 3.94. The Morgan fingerprint density at radius 2 is 2.05 bits per heavy atom. The van der Waals surface area contributed by atoms with E-state index >= 15 is 0 Å². The molecule has 118 valence electrons. The number of hydrogen-bond donors (Lipinski definition) is 2. The minimum atomic E-state index is -0.265. The van der Waals surface area contributed by atoms with Gasteiger partial charge in [0.1, 0.15) is 0 Å². The number of carbonyl (C=O) groups is 1. The Morgan fingerprint density at radius 1 is 1.38 bits per heavy atom. The van der Waals surface area contributed by atoms with Gasteiger partial charge in [0.15, 0.2) is 0 Å². The van der Waals surface area contributed by atoms with Crippen molar-refractivity contribution in [3.8, 4) is 0 Å². The van der Waals surface area contributed by atoms with E-state index < -0.39 is 0 Å². The fraction of sp³-hybridized carbons (Fsp3) is 0.812. The number of amides is 2. The first-order valence-electron chi connectivity index (χ1n) is 8.16. The van der Waals surface area contributed by atoms with Crippen LogP contribution < -0.4 is 5.32 Å². The monoisotopic (exact) mass is 294 g/mol. The third kappa shape index (κ3) is 2.69. The molecule has 0 bridgehead atoms. The van der Waals surface area contributed by atoms with Crippen molar-refractivity contribution in [2.24, 2.45) is 5.41 Å². The summed E-state index contributed by atoms with van der Waals surface area (Å²) in [7, 11) is 0. The molecule has 3 aliphatic rings. The summed E-state index contributed by atoms with van der Waals surface area (Å²) in [5.74, 6) is 0. The minimum absolute atomic E-state index is 0.0420. The Hall–Kier alpha value is -1.07. The summed E-state index contributed by atoms with van der Waals surface area (Å²) in [5.41, 5.74) is -0.109. The molecule has 1 spiro atoms. The van der Waals surface area contributed by atoms with E-state index in [1.165, 1.54) is 0 Å². The lowest BCUT2D eigenvalue weighted by Gasteiger charge is -2.56. The van der Waals surface area contributed by atoms with Crippen molar-refractivity contribution in [3.63, 3.8) is 0 Å². The van der Waals surface area contributed by atoms with E-state index in [1.54, 1.807) is 0 Å². The number of ether oxygens (including phenoxy) is 1. The lowest BCUT2D eigenvalue weighted by Crippen LogP contribution is -2.63. The number of aliphatic hydroxyl groups excluding tert-OH is 1. The summed E-state index contributed by atoms with van der Waals surface area (Å²) in [4.78, 5) is 14.1. The molecular formula is C16H26N2O3. The van der Waals surface area contributed by atoms with Crippen LogP contribution in [0.25, 0.3) is 0 Å². The third-order valence-corrected chi connectivity index (χ3v) is 5.43. The van der Waals surface area contributed by atoms with E-state index in [2.05, 4.69) is 17.5 Å². The van der Waals surface area contributed by atoms with Gasteiger partial charge in [0.25, 0.3) is 0 Å². The quantitative estimate of drug-likeness (QED) is 0.778. The maximum absolute atomic E-state index is 12.3. The molecule has 0 aromatic heterocycles. The van der Waals surface area contributed by atoms with Crippen LogP contribution in [0.15, 0.2) is 12.2 Å². The highest BCUT2D eigenvalue weighted by molar-refractivity contribution is 5.74. The van der Waals surface area contributed by atoms with Crippen LogP contribution in [0.4, 0.5) is 4.79 Å². The highest BCUT2D eigenvalue weighted by Crippen LogP contribution is 2.50. The fourth-order valence-corrected chi connectivity index (χ4v) is 3.94. The second-order valence-corrected chi connectivity index (χ2v) is 6.50. The number of likely N-dealkylation sites (tertiary alicyclic amines) is 1. The molecule has 1 heterocycles. The lowest BCUT2D eigenvalue weighted by atomic mass is 9.58. The minimum Gasteiger partial charge on any atom is -0.392 e. The molecule has 1 saturated carbocycles. The van der Waals surface area contributed by atoms with E-state index in [1.807, 2.05) is 11.8 Å². The Labute approximate surface area is 126 Å². The van der Waals surface area contributed by atoms with Crippen LogP contribution in [0.1, 0.15) is 39.0 Å². The van der Waals surface area contributed by atoms with Crippen molar-refractivity contribution < 1.29 is 14.6 Å². The van der Waals surface area contributed by atoms with Crippen LogP contribution >= 0.6 is 0 Å². The van der Waals surface area contributed by atoms with Crippen molar-refractivity contribution in [2.75, 3.05) is 19.7 Å². The van der Waals surface area contributed by atoms with Crippen molar-refractivity contribution >= 4 is 6.03 Å². The van der Waals surface area contributed by atoms with Gasteiger partial charge in [0.05, 0.1) is 12.2 Å². The smallest absolute Gasteiger partial charge is 0.317 e. The van der Waals surface area contributed by atoms with E-state index in [0.29, 0.717) is 19.7 Å². The zero-order valence-corrected chi connectivity index (χ0v) is 12.8. The Kier molecular flexibility index (Phi) is 4.22.